The molecule has 2 aromatic heterocycles. The summed E-state index contributed by atoms with van der Waals surface area (Å²) in [5.74, 6) is -0.751. The lowest BCUT2D eigenvalue weighted by Gasteiger charge is -1.96. The van der Waals surface area contributed by atoms with Gasteiger partial charge in [0.05, 0.1) is 17.5 Å². The van der Waals surface area contributed by atoms with E-state index in [1.165, 1.54) is 0 Å². The summed E-state index contributed by atoms with van der Waals surface area (Å²) >= 11 is 0. The van der Waals surface area contributed by atoms with Crippen LogP contribution >= 0.6 is 0 Å². The largest absolute Gasteiger partial charge is 0.481 e. The van der Waals surface area contributed by atoms with Gasteiger partial charge in [-0.2, -0.15) is 0 Å². The van der Waals surface area contributed by atoms with E-state index in [1.807, 2.05) is 28.8 Å². The zero-order valence-electron chi connectivity index (χ0n) is 8.26. The average molecular weight is 204 g/mol. The minimum absolute atomic E-state index is 0.200. The summed E-state index contributed by atoms with van der Waals surface area (Å²) in [7, 11) is 0. The van der Waals surface area contributed by atoms with Gasteiger partial charge in [-0.1, -0.05) is 6.07 Å². The highest BCUT2D eigenvalue weighted by Gasteiger charge is 2.04. The standard InChI is InChI=1S/C11H12N2O2/c14-11(15)6-3-4-9-10-5-1-2-7-13(10)8-12-9/h1-2,5,7-8H,3-4,6H2,(H,14,15). The molecule has 0 aliphatic rings. The molecule has 0 aliphatic heterocycles. The van der Waals surface area contributed by atoms with Crippen LogP contribution in [0.5, 0.6) is 0 Å². The first-order chi connectivity index (χ1) is 7.27. The Morgan fingerprint density at radius 1 is 1.47 bits per heavy atom. The number of carbonyl (C=O) groups is 1. The van der Waals surface area contributed by atoms with E-state index < -0.39 is 5.97 Å². The number of carboxylic acid groups (broad SMARTS) is 1. The SMILES string of the molecule is O=C(O)CCCc1ncn2ccccc12. The molecule has 0 unspecified atom stereocenters. The fraction of sp³-hybridized carbons (Fsp3) is 0.273. The van der Waals surface area contributed by atoms with Gasteiger partial charge in [-0.15, -0.1) is 0 Å². The highest BCUT2D eigenvalue weighted by atomic mass is 16.4. The van der Waals surface area contributed by atoms with Gasteiger partial charge in [0, 0.05) is 12.6 Å². The number of aromatic nitrogens is 2. The van der Waals surface area contributed by atoms with Crippen molar-refractivity contribution < 1.29 is 9.90 Å². The molecule has 0 fully saturated rings. The Kier molecular flexibility index (Phi) is 2.67. The molecule has 0 spiro atoms. The summed E-state index contributed by atoms with van der Waals surface area (Å²) in [6, 6.07) is 5.89. The summed E-state index contributed by atoms with van der Waals surface area (Å²) in [6.07, 6.45) is 5.24. The molecule has 0 atom stereocenters. The van der Waals surface area contributed by atoms with Gasteiger partial charge in [0.2, 0.25) is 0 Å². The van der Waals surface area contributed by atoms with Gasteiger partial charge in [-0.05, 0) is 25.0 Å². The molecule has 2 aromatic rings. The topological polar surface area (TPSA) is 54.6 Å². The first-order valence-electron chi connectivity index (χ1n) is 4.90. The van der Waals surface area contributed by atoms with Gasteiger partial charge < -0.3 is 9.51 Å². The van der Waals surface area contributed by atoms with Crippen LogP contribution in [0.25, 0.3) is 5.52 Å². The predicted octanol–water partition coefficient (Wildman–Crippen LogP) is 1.74. The number of carboxylic acids is 1. The average Bonchev–Trinajstić information content (AvgIpc) is 2.62. The van der Waals surface area contributed by atoms with Crippen LogP contribution in [0.3, 0.4) is 0 Å². The van der Waals surface area contributed by atoms with Gasteiger partial charge in [-0.3, -0.25) is 4.79 Å². The lowest BCUT2D eigenvalue weighted by molar-refractivity contribution is -0.137. The van der Waals surface area contributed by atoms with Crippen molar-refractivity contribution in [3.8, 4) is 0 Å². The van der Waals surface area contributed by atoms with E-state index >= 15 is 0 Å². The van der Waals surface area contributed by atoms with Crippen LogP contribution in [0.1, 0.15) is 18.5 Å². The van der Waals surface area contributed by atoms with Crippen molar-refractivity contribution in [3.63, 3.8) is 0 Å². The summed E-state index contributed by atoms with van der Waals surface area (Å²) in [6.45, 7) is 0. The second kappa shape index (κ2) is 4.13. The van der Waals surface area contributed by atoms with E-state index in [0.29, 0.717) is 12.8 Å². The van der Waals surface area contributed by atoms with Crippen LogP contribution < -0.4 is 0 Å². The van der Waals surface area contributed by atoms with E-state index in [2.05, 4.69) is 4.98 Å². The number of imidazole rings is 1. The first-order valence-corrected chi connectivity index (χ1v) is 4.90. The minimum Gasteiger partial charge on any atom is -0.481 e. The van der Waals surface area contributed by atoms with Crippen molar-refractivity contribution in [2.75, 3.05) is 0 Å². The fourth-order valence-electron chi connectivity index (χ4n) is 1.60. The maximum Gasteiger partial charge on any atom is 0.303 e. The van der Waals surface area contributed by atoms with Gasteiger partial charge >= 0.3 is 5.97 Å². The lowest BCUT2D eigenvalue weighted by atomic mass is 10.2. The molecular weight excluding hydrogens is 192 g/mol. The Bertz CT molecular complexity index is 476. The molecule has 1 N–H and O–H groups in total. The lowest BCUT2D eigenvalue weighted by Crippen LogP contribution is -1.96. The molecular formula is C11H12N2O2. The minimum atomic E-state index is -0.751. The molecule has 4 nitrogen and oxygen atoms in total. The summed E-state index contributed by atoms with van der Waals surface area (Å²) in [5.41, 5.74) is 2.03. The van der Waals surface area contributed by atoms with E-state index in [-0.39, 0.29) is 6.42 Å². The molecule has 0 saturated heterocycles. The quantitative estimate of drug-likeness (QED) is 0.825. The third-order valence-electron chi connectivity index (χ3n) is 2.33. The molecule has 0 saturated carbocycles. The van der Waals surface area contributed by atoms with E-state index in [0.717, 1.165) is 11.2 Å². The van der Waals surface area contributed by atoms with E-state index in [9.17, 15) is 4.79 Å². The van der Waals surface area contributed by atoms with Crippen LogP contribution in [0.4, 0.5) is 0 Å². The second-order valence-electron chi connectivity index (χ2n) is 3.43. The second-order valence-corrected chi connectivity index (χ2v) is 3.43. The third-order valence-corrected chi connectivity index (χ3v) is 2.33. The monoisotopic (exact) mass is 204 g/mol. The van der Waals surface area contributed by atoms with Crippen LogP contribution in [-0.2, 0) is 11.2 Å². The maximum absolute atomic E-state index is 10.4. The zero-order chi connectivity index (χ0) is 10.7. The van der Waals surface area contributed by atoms with E-state index in [4.69, 9.17) is 5.11 Å². The number of hydrogen-bond acceptors (Lipinski definition) is 2. The smallest absolute Gasteiger partial charge is 0.303 e. The summed E-state index contributed by atoms with van der Waals surface area (Å²) in [5, 5.41) is 8.53. The molecule has 0 amide bonds. The highest BCUT2D eigenvalue weighted by Crippen LogP contribution is 2.11. The molecule has 4 heteroatoms. The Balaban J connectivity index is 2.11. The van der Waals surface area contributed by atoms with Crippen LogP contribution in [0.15, 0.2) is 30.7 Å². The molecule has 0 radical (unpaired) electrons. The molecule has 2 heterocycles. The molecule has 15 heavy (non-hydrogen) atoms. The van der Waals surface area contributed by atoms with Crippen LogP contribution in [-0.4, -0.2) is 20.5 Å². The highest BCUT2D eigenvalue weighted by molar-refractivity contribution is 5.66. The van der Waals surface area contributed by atoms with Crippen molar-refractivity contribution in [1.82, 2.24) is 9.38 Å². The number of rotatable bonds is 4. The molecule has 78 valence electrons. The Morgan fingerprint density at radius 3 is 3.13 bits per heavy atom. The zero-order valence-corrected chi connectivity index (χ0v) is 8.26. The Morgan fingerprint density at radius 2 is 2.33 bits per heavy atom. The van der Waals surface area contributed by atoms with Crippen molar-refractivity contribution in [3.05, 3.63) is 36.4 Å². The van der Waals surface area contributed by atoms with Crippen molar-refractivity contribution in [2.45, 2.75) is 19.3 Å². The molecule has 0 aliphatic carbocycles. The Hall–Kier alpha value is -1.84. The number of hydrogen-bond donors (Lipinski definition) is 1. The Labute approximate surface area is 87.2 Å². The third kappa shape index (κ3) is 2.15. The van der Waals surface area contributed by atoms with Crippen molar-refractivity contribution >= 4 is 11.5 Å². The summed E-state index contributed by atoms with van der Waals surface area (Å²) < 4.78 is 1.94. The van der Waals surface area contributed by atoms with Gasteiger partial charge in [0.1, 0.15) is 0 Å². The van der Waals surface area contributed by atoms with Crippen LogP contribution in [0, 0.1) is 0 Å². The van der Waals surface area contributed by atoms with Gasteiger partial charge in [0.15, 0.2) is 0 Å². The summed E-state index contributed by atoms with van der Waals surface area (Å²) in [4.78, 5) is 14.6. The number of nitrogens with zero attached hydrogens (tertiary/aromatic N) is 2. The van der Waals surface area contributed by atoms with Crippen molar-refractivity contribution in [1.29, 1.82) is 0 Å². The molecule has 2 rings (SSSR count). The number of pyridine rings is 1. The van der Waals surface area contributed by atoms with Gasteiger partial charge in [0.25, 0.3) is 0 Å². The number of aryl methyl sites for hydroxylation is 1. The van der Waals surface area contributed by atoms with E-state index in [1.54, 1.807) is 6.33 Å². The van der Waals surface area contributed by atoms with Crippen molar-refractivity contribution in [2.24, 2.45) is 0 Å². The molecule has 0 bridgehead atoms. The predicted molar refractivity (Wildman–Crippen MR) is 55.8 cm³/mol. The maximum atomic E-state index is 10.4. The number of aliphatic carboxylic acids is 1. The molecule has 0 aromatic carbocycles. The fourth-order valence-corrected chi connectivity index (χ4v) is 1.60. The van der Waals surface area contributed by atoms with Crippen LogP contribution in [0.2, 0.25) is 0 Å². The first kappa shape index (κ1) is 9.71. The normalized spacial score (nSPS) is 10.7. The van der Waals surface area contributed by atoms with Gasteiger partial charge in [-0.25, -0.2) is 4.98 Å². The number of fused-ring (bicyclic) bond motifs is 1.